The molecule has 3 aromatic rings. The van der Waals surface area contributed by atoms with Gasteiger partial charge in [-0.15, -0.1) is 0 Å². The van der Waals surface area contributed by atoms with Crippen LogP contribution in [0.5, 0.6) is 5.75 Å². The predicted molar refractivity (Wildman–Crippen MR) is 108 cm³/mol. The normalized spacial score (nSPS) is 12.8. The number of hydrogen-bond acceptors (Lipinski definition) is 4. The van der Waals surface area contributed by atoms with Gasteiger partial charge < -0.3 is 10.4 Å². The van der Waals surface area contributed by atoms with Gasteiger partial charge in [0.1, 0.15) is 5.75 Å². The molecule has 0 unspecified atom stereocenters. The topological polar surface area (TPSA) is 86.7 Å². The van der Waals surface area contributed by atoms with Crippen LogP contribution in [0.15, 0.2) is 66.7 Å². The van der Waals surface area contributed by atoms with E-state index in [2.05, 4.69) is 5.32 Å². The van der Waals surface area contributed by atoms with Gasteiger partial charge in [-0.3, -0.25) is 19.3 Å². The first-order valence-corrected chi connectivity index (χ1v) is 9.09. The van der Waals surface area contributed by atoms with Gasteiger partial charge in [-0.25, -0.2) is 0 Å². The summed E-state index contributed by atoms with van der Waals surface area (Å²) in [5.41, 5.74) is 2.71. The maximum absolute atomic E-state index is 12.8. The summed E-state index contributed by atoms with van der Waals surface area (Å²) in [6.07, 6.45) is 0. The molecular formula is C23H18N2O4. The summed E-state index contributed by atoms with van der Waals surface area (Å²) in [5, 5.41) is 12.6. The molecular weight excluding hydrogens is 368 g/mol. The Morgan fingerprint density at radius 1 is 0.931 bits per heavy atom. The second-order valence-electron chi connectivity index (χ2n) is 6.92. The highest BCUT2D eigenvalue weighted by Gasteiger charge is 2.36. The number of aryl methyl sites for hydroxylation is 1. The van der Waals surface area contributed by atoms with Gasteiger partial charge in [0.2, 0.25) is 0 Å². The number of carbonyl (C=O) groups excluding carboxylic acids is 3. The Hall–Kier alpha value is -3.93. The highest BCUT2D eigenvalue weighted by molar-refractivity contribution is 6.22. The Bertz CT molecular complexity index is 1140. The van der Waals surface area contributed by atoms with Gasteiger partial charge in [0.15, 0.2) is 0 Å². The smallest absolute Gasteiger partial charge is 0.261 e. The molecule has 1 aliphatic rings. The molecule has 0 aliphatic carbocycles. The van der Waals surface area contributed by atoms with Crippen LogP contribution in [0.25, 0.3) is 0 Å². The summed E-state index contributed by atoms with van der Waals surface area (Å²) in [6.45, 7) is 2.02. The highest BCUT2D eigenvalue weighted by atomic mass is 16.3. The molecule has 144 valence electrons. The molecule has 0 saturated carbocycles. The number of hydrogen-bond donors (Lipinski definition) is 2. The van der Waals surface area contributed by atoms with Crippen LogP contribution in [-0.2, 0) is 6.54 Å². The minimum absolute atomic E-state index is 0.0506. The van der Waals surface area contributed by atoms with Crippen molar-refractivity contribution < 1.29 is 19.5 Å². The van der Waals surface area contributed by atoms with Crippen molar-refractivity contribution in [1.29, 1.82) is 0 Å². The highest BCUT2D eigenvalue weighted by Crippen LogP contribution is 2.27. The van der Waals surface area contributed by atoms with Crippen molar-refractivity contribution in [3.05, 3.63) is 94.5 Å². The molecule has 3 aromatic carbocycles. The second kappa shape index (κ2) is 7.24. The number of imide groups is 1. The number of phenolic OH excluding ortho intramolecular Hbond substituents is 1. The minimum Gasteiger partial charge on any atom is -0.506 e. The van der Waals surface area contributed by atoms with E-state index in [1.54, 1.807) is 12.1 Å². The van der Waals surface area contributed by atoms with Gasteiger partial charge in [0.05, 0.1) is 23.4 Å². The Morgan fingerprint density at radius 2 is 1.66 bits per heavy atom. The zero-order valence-electron chi connectivity index (χ0n) is 15.7. The second-order valence-corrected chi connectivity index (χ2v) is 6.92. The standard InChI is InChI=1S/C23H18N2O4/c1-14-7-10-20(26)19(11-14)24-21(27)16-8-9-17-18(12-16)23(29)25(22(17)28)13-15-5-3-2-4-6-15/h2-12,26H,13H2,1H3,(H,24,27). The molecule has 0 saturated heterocycles. The summed E-state index contributed by atoms with van der Waals surface area (Å²) in [7, 11) is 0. The molecule has 29 heavy (non-hydrogen) atoms. The molecule has 4 rings (SSSR count). The van der Waals surface area contributed by atoms with Crippen LogP contribution >= 0.6 is 0 Å². The van der Waals surface area contributed by atoms with E-state index < -0.39 is 11.8 Å². The number of nitrogens with one attached hydrogen (secondary N) is 1. The number of anilines is 1. The molecule has 1 aliphatic heterocycles. The number of carbonyl (C=O) groups is 3. The van der Waals surface area contributed by atoms with Gasteiger partial charge in [0.25, 0.3) is 17.7 Å². The first-order valence-electron chi connectivity index (χ1n) is 9.09. The lowest BCUT2D eigenvalue weighted by molar-refractivity contribution is 0.0642. The number of amides is 3. The number of aromatic hydroxyl groups is 1. The van der Waals surface area contributed by atoms with Gasteiger partial charge in [0, 0.05) is 5.56 Å². The first kappa shape index (κ1) is 18.4. The fourth-order valence-corrected chi connectivity index (χ4v) is 3.29. The van der Waals surface area contributed by atoms with E-state index in [1.165, 1.54) is 29.2 Å². The number of fused-ring (bicyclic) bond motifs is 1. The van der Waals surface area contributed by atoms with Crippen molar-refractivity contribution in [2.45, 2.75) is 13.5 Å². The van der Waals surface area contributed by atoms with Gasteiger partial charge in [-0.2, -0.15) is 0 Å². The van der Waals surface area contributed by atoms with Crippen LogP contribution in [0.2, 0.25) is 0 Å². The number of nitrogens with zero attached hydrogens (tertiary/aromatic N) is 1. The summed E-state index contributed by atoms with van der Waals surface area (Å²) in [6, 6.07) is 18.5. The molecule has 0 fully saturated rings. The molecule has 3 amide bonds. The number of benzene rings is 3. The van der Waals surface area contributed by atoms with Crippen LogP contribution < -0.4 is 5.32 Å². The zero-order chi connectivity index (χ0) is 20.5. The number of rotatable bonds is 4. The Morgan fingerprint density at radius 3 is 2.41 bits per heavy atom. The third-order valence-corrected chi connectivity index (χ3v) is 4.82. The van der Waals surface area contributed by atoms with Crippen LogP contribution in [0.1, 0.15) is 42.2 Å². The summed E-state index contributed by atoms with van der Waals surface area (Å²) in [4.78, 5) is 39.2. The van der Waals surface area contributed by atoms with E-state index in [0.29, 0.717) is 0 Å². The van der Waals surface area contributed by atoms with E-state index in [9.17, 15) is 19.5 Å². The SMILES string of the molecule is Cc1ccc(O)c(NC(=O)c2ccc3c(c2)C(=O)N(Cc2ccccc2)C3=O)c1. The molecule has 0 atom stereocenters. The largest absolute Gasteiger partial charge is 0.506 e. The third-order valence-electron chi connectivity index (χ3n) is 4.82. The predicted octanol–water partition coefficient (Wildman–Crippen LogP) is 3.75. The van der Waals surface area contributed by atoms with E-state index >= 15 is 0 Å². The maximum Gasteiger partial charge on any atom is 0.261 e. The fourth-order valence-electron chi connectivity index (χ4n) is 3.29. The fraction of sp³-hybridized carbons (Fsp3) is 0.0870. The number of phenols is 1. The molecule has 0 aromatic heterocycles. The van der Waals surface area contributed by atoms with Crippen LogP contribution in [0.4, 0.5) is 5.69 Å². The van der Waals surface area contributed by atoms with E-state index in [4.69, 9.17) is 0 Å². The summed E-state index contributed by atoms with van der Waals surface area (Å²) < 4.78 is 0. The average molecular weight is 386 g/mol. The Balaban J connectivity index is 1.58. The van der Waals surface area contributed by atoms with Crippen molar-refractivity contribution in [2.24, 2.45) is 0 Å². The summed E-state index contributed by atoms with van der Waals surface area (Å²) >= 11 is 0. The van der Waals surface area contributed by atoms with E-state index in [1.807, 2.05) is 37.3 Å². The van der Waals surface area contributed by atoms with Crippen LogP contribution in [-0.4, -0.2) is 27.7 Å². The molecule has 0 spiro atoms. The maximum atomic E-state index is 12.8. The summed E-state index contributed by atoms with van der Waals surface area (Å²) in [5.74, 6) is -1.33. The van der Waals surface area contributed by atoms with Crippen molar-refractivity contribution in [1.82, 2.24) is 4.90 Å². The monoisotopic (exact) mass is 386 g/mol. The first-order chi connectivity index (χ1) is 13.9. The lowest BCUT2D eigenvalue weighted by atomic mass is 10.1. The van der Waals surface area contributed by atoms with Gasteiger partial charge in [-0.1, -0.05) is 36.4 Å². The van der Waals surface area contributed by atoms with E-state index in [-0.39, 0.29) is 40.6 Å². The molecule has 0 bridgehead atoms. The van der Waals surface area contributed by atoms with Crippen molar-refractivity contribution in [3.8, 4) is 5.75 Å². The minimum atomic E-state index is -0.476. The molecule has 2 N–H and O–H groups in total. The van der Waals surface area contributed by atoms with Gasteiger partial charge in [-0.05, 0) is 48.4 Å². The Kier molecular flexibility index (Phi) is 4.60. The van der Waals surface area contributed by atoms with Crippen LogP contribution in [0, 0.1) is 6.92 Å². The molecule has 6 nitrogen and oxygen atoms in total. The van der Waals surface area contributed by atoms with Crippen molar-refractivity contribution in [2.75, 3.05) is 5.32 Å². The zero-order valence-corrected chi connectivity index (χ0v) is 15.7. The average Bonchev–Trinajstić information content (AvgIpc) is 2.96. The quantitative estimate of drug-likeness (QED) is 0.528. The lowest BCUT2D eigenvalue weighted by Crippen LogP contribution is -2.29. The van der Waals surface area contributed by atoms with Crippen molar-refractivity contribution >= 4 is 23.4 Å². The third kappa shape index (κ3) is 3.48. The Labute approximate surface area is 167 Å². The molecule has 1 heterocycles. The lowest BCUT2D eigenvalue weighted by Gasteiger charge is -2.13. The van der Waals surface area contributed by atoms with Crippen LogP contribution in [0.3, 0.4) is 0 Å². The molecule has 0 radical (unpaired) electrons. The van der Waals surface area contributed by atoms with Crippen molar-refractivity contribution in [3.63, 3.8) is 0 Å². The van der Waals surface area contributed by atoms with E-state index in [0.717, 1.165) is 11.1 Å². The van der Waals surface area contributed by atoms with Gasteiger partial charge >= 0.3 is 0 Å². The molecule has 6 heteroatoms.